The van der Waals surface area contributed by atoms with Crippen LogP contribution in [-0.2, 0) is 0 Å². The van der Waals surface area contributed by atoms with Crippen LogP contribution in [0, 0.1) is 12.8 Å². The minimum Gasteiger partial charge on any atom is -0.397 e. The number of aromatic nitrogens is 1. The van der Waals surface area contributed by atoms with E-state index in [0.29, 0.717) is 23.0 Å². The number of nitrogen functional groups attached to an aromatic ring is 1. The van der Waals surface area contributed by atoms with E-state index in [2.05, 4.69) is 4.98 Å². The Bertz CT molecular complexity index is 692. The first-order chi connectivity index (χ1) is 9.95. The van der Waals surface area contributed by atoms with Crippen LogP contribution in [0.15, 0.2) is 12.1 Å². The molecule has 0 spiro atoms. The Balaban J connectivity index is 1.82. The number of anilines is 1. The van der Waals surface area contributed by atoms with Gasteiger partial charge in [0.25, 0.3) is 5.91 Å². The van der Waals surface area contributed by atoms with Gasteiger partial charge in [-0.2, -0.15) is 0 Å². The summed E-state index contributed by atoms with van der Waals surface area (Å²) < 4.78 is 0. The predicted octanol–water partition coefficient (Wildman–Crippen LogP) is 2.03. The number of fused-ring (bicyclic) bond motifs is 1. The van der Waals surface area contributed by atoms with E-state index in [4.69, 9.17) is 5.73 Å². The molecule has 1 amide bonds. The van der Waals surface area contributed by atoms with E-state index in [1.807, 2.05) is 19.1 Å². The van der Waals surface area contributed by atoms with Crippen LogP contribution >= 0.6 is 11.3 Å². The highest BCUT2D eigenvalue weighted by Crippen LogP contribution is 2.34. The number of thiophene rings is 1. The average Bonchev–Trinajstić information content (AvgIpc) is 2.72. The SMILES string of the molecule is Cc1ccc2c(N)c(C(=O)N(C)CC3CC(O)C3)sc2n1. The number of hydrogen-bond donors (Lipinski definition) is 2. The fourth-order valence-electron chi connectivity index (χ4n) is 2.74. The van der Waals surface area contributed by atoms with Crippen molar-refractivity contribution < 1.29 is 9.90 Å². The number of nitrogens with two attached hydrogens (primary N) is 1. The Morgan fingerprint density at radius 2 is 2.24 bits per heavy atom. The monoisotopic (exact) mass is 305 g/mol. The first-order valence-electron chi connectivity index (χ1n) is 7.05. The summed E-state index contributed by atoms with van der Waals surface area (Å²) in [6, 6.07) is 3.82. The summed E-state index contributed by atoms with van der Waals surface area (Å²) in [5.41, 5.74) is 7.55. The molecular weight excluding hydrogens is 286 g/mol. The fourth-order valence-corrected chi connectivity index (χ4v) is 3.88. The molecule has 0 radical (unpaired) electrons. The lowest BCUT2D eigenvalue weighted by Gasteiger charge is -2.34. The molecule has 2 heterocycles. The van der Waals surface area contributed by atoms with Gasteiger partial charge in [0.05, 0.1) is 11.8 Å². The number of carbonyl (C=O) groups is 1. The zero-order chi connectivity index (χ0) is 15.1. The van der Waals surface area contributed by atoms with Crippen LogP contribution in [-0.4, -0.2) is 40.6 Å². The summed E-state index contributed by atoms with van der Waals surface area (Å²) in [5, 5.41) is 10.2. The minimum absolute atomic E-state index is 0.0606. The first-order valence-corrected chi connectivity index (χ1v) is 7.86. The largest absolute Gasteiger partial charge is 0.397 e. The number of amides is 1. The van der Waals surface area contributed by atoms with Crippen molar-refractivity contribution in [1.82, 2.24) is 9.88 Å². The molecular formula is C15H19N3O2S. The van der Waals surface area contributed by atoms with Crippen LogP contribution in [0.25, 0.3) is 10.2 Å². The van der Waals surface area contributed by atoms with Crippen molar-refractivity contribution in [1.29, 1.82) is 0 Å². The Morgan fingerprint density at radius 1 is 1.52 bits per heavy atom. The number of hydrogen-bond acceptors (Lipinski definition) is 5. The lowest BCUT2D eigenvalue weighted by Crippen LogP contribution is -2.39. The molecule has 3 N–H and O–H groups in total. The van der Waals surface area contributed by atoms with Gasteiger partial charge in [-0.05, 0) is 37.8 Å². The quantitative estimate of drug-likeness (QED) is 0.909. The van der Waals surface area contributed by atoms with Crippen molar-refractivity contribution in [2.24, 2.45) is 5.92 Å². The van der Waals surface area contributed by atoms with Crippen LogP contribution in [0.3, 0.4) is 0 Å². The second-order valence-electron chi connectivity index (χ2n) is 5.83. The van der Waals surface area contributed by atoms with Crippen molar-refractivity contribution in [3.8, 4) is 0 Å². The van der Waals surface area contributed by atoms with Crippen LogP contribution < -0.4 is 5.73 Å². The van der Waals surface area contributed by atoms with Gasteiger partial charge >= 0.3 is 0 Å². The molecule has 1 aliphatic carbocycles. The molecule has 0 unspecified atom stereocenters. The van der Waals surface area contributed by atoms with E-state index in [1.165, 1.54) is 11.3 Å². The molecule has 0 saturated heterocycles. The van der Waals surface area contributed by atoms with Crippen molar-refractivity contribution in [3.05, 3.63) is 22.7 Å². The van der Waals surface area contributed by atoms with E-state index < -0.39 is 0 Å². The fraction of sp³-hybridized carbons (Fsp3) is 0.467. The van der Waals surface area contributed by atoms with Crippen LogP contribution in [0.2, 0.25) is 0 Å². The summed E-state index contributed by atoms with van der Waals surface area (Å²) in [5.74, 6) is 0.333. The lowest BCUT2D eigenvalue weighted by atomic mass is 9.82. The van der Waals surface area contributed by atoms with Gasteiger partial charge in [-0.15, -0.1) is 11.3 Å². The zero-order valence-electron chi connectivity index (χ0n) is 12.2. The maximum Gasteiger partial charge on any atom is 0.265 e. The number of aryl methyl sites for hydroxylation is 1. The number of aliphatic hydroxyl groups is 1. The molecule has 1 fully saturated rings. The molecule has 0 bridgehead atoms. The molecule has 112 valence electrons. The van der Waals surface area contributed by atoms with Crippen molar-refractivity contribution >= 4 is 33.1 Å². The Labute approximate surface area is 127 Å². The number of pyridine rings is 1. The third-order valence-corrected chi connectivity index (χ3v) is 5.12. The summed E-state index contributed by atoms with van der Waals surface area (Å²) in [6.45, 7) is 2.58. The first kappa shape index (κ1) is 14.3. The second kappa shape index (κ2) is 5.27. The minimum atomic E-state index is -0.194. The zero-order valence-corrected chi connectivity index (χ0v) is 13.0. The molecule has 6 heteroatoms. The molecule has 3 rings (SSSR count). The van der Waals surface area contributed by atoms with Crippen LogP contribution in [0.4, 0.5) is 5.69 Å². The van der Waals surface area contributed by atoms with Gasteiger partial charge in [0, 0.05) is 24.7 Å². The number of nitrogens with zero attached hydrogens (tertiary/aromatic N) is 2. The molecule has 1 saturated carbocycles. The molecule has 2 aromatic heterocycles. The predicted molar refractivity (Wildman–Crippen MR) is 84.5 cm³/mol. The summed E-state index contributed by atoms with van der Waals surface area (Å²) in [4.78, 5) is 20.0. The maximum absolute atomic E-state index is 12.5. The van der Waals surface area contributed by atoms with Gasteiger partial charge in [0.1, 0.15) is 9.71 Å². The smallest absolute Gasteiger partial charge is 0.265 e. The molecule has 5 nitrogen and oxygen atoms in total. The Hall–Kier alpha value is -1.66. The highest BCUT2D eigenvalue weighted by Gasteiger charge is 2.30. The van der Waals surface area contributed by atoms with E-state index in [1.54, 1.807) is 11.9 Å². The van der Waals surface area contributed by atoms with Crippen molar-refractivity contribution in [3.63, 3.8) is 0 Å². The lowest BCUT2D eigenvalue weighted by molar-refractivity contribution is 0.0267. The highest BCUT2D eigenvalue weighted by molar-refractivity contribution is 7.21. The van der Waals surface area contributed by atoms with Gasteiger partial charge in [-0.25, -0.2) is 4.98 Å². The molecule has 0 atom stereocenters. The molecule has 2 aromatic rings. The van der Waals surface area contributed by atoms with Crippen LogP contribution in [0.5, 0.6) is 0 Å². The standard InChI is InChI=1S/C15H19N3O2S/c1-8-3-4-11-12(16)13(21-14(11)17-8)15(20)18(2)7-9-5-10(19)6-9/h3-4,9-10,19H,5-7,16H2,1-2H3. The number of aliphatic hydroxyl groups excluding tert-OH is 1. The molecule has 0 aromatic carbocycles. The van der Waals surface area contributed by atoms with E-state index in [9.17, 15) is 9.90 Å². The Kier molecular flexibility index (Phi) is 3.59. The van der Waals surface area contributed by atoms with Gasteiger partial charge in [0.2, 0.25) is 0 Å². The third-order valence-electron chi connectivity index (χ3n) is 4.02. The second-order valence-corrected chi connectivity index (χ2v) is 6.83. The molecule has 21 heavy (non-hydrogen) atoms. The maximum atomic E-state index is 12.5. The van der Waals surface area contributed by atoms with Gasteiger partial charge < -0.3 is 15.7 Å². The number of carbonyl (C=O) groups excluding carboxylic acids is 1. The number of rotatable bonds is 3. The summed E-state index contributed by atoms with van der Waals surface area (Å²) >= 11 is 1.35. The average molecular weight is 305 g/mol. The highest BCUT2D eigenvalue weighted by atomic mass is 32.1. The Morgan fingerprint density at radius 3 is 2.90 bits per heavy atom. The third kappa shape index (κ3) is 2.61. The van der Waals surface area contributed by atoms with Crippen molar-refractivity contribution in [2.75, 3.05) is 19.3 Å². The van der Waals surface area contributed by atoms with E-state index in [-0.39, 0.29) is 12.0 Å². The van der Waals surface area contributed by atoms with Gasteiger partial charge in [-0.1, -0.05) is 0 Å². The molecule has 1 aliphatic rings. The molecule has 0 aliphatic heterocycles. The van der Waals surface area contributed by atoms with Gasteiger partial charge in [-0.3, -0.25) is 4.79 Å². The van der Waals surface area contributed by atoms with Crippen LogP contribution in [0.1, 0.15) is 28.2 Å². The van der Waals surface area contributed by atoms with E-state index >= 15 is 0 Å². The summed E-state index contributed by atoms with van der Waals surface area (Å²) in [6.07, 6.45) is 1.36. The topological polar surface area (TPSA) is 79.5 Å². The van der Waals surface area contributed by atoms with E-state index in [0.717, 1.165) is 28.8 Å². The van der Waals surface area contributed by atoms with Gasteiger partial charge in [0.15, 0.2) is 0 Å². The van der Waals surface area contributed by atoms with Crippen molar-refractivity contribution in [2.45, 2.75) is 25.9 Å². The summed E-state index contributed by atoms with van der Waals surface area (Å²) in [7, 11) is 1.79. The normalized spacial score (nSPS) is 21.3.